The molecule has 0 saturated carbocycles. The molecule has 1 saturated heterocycles. The summed E-state index contributed by atoms with van der Waals surface area (Å²) >= 11 is 13.1. The lowest BCUT2D eigenvalue weighted by atomic mass is 10.2. The second-order valence-corrected chi connectivity index (χ2v) is 9.14. The lowest BCUT2D eigenvalue weighted by molar-refractivity contribution is -0.113. The Morgan fingerprint density at radius 2 is 1.78 bits per heavy atom. The van der Waals surface area contributed by atoms with Gasteiger partial charge in [-0.15, -0.1) is 0 Å². The van der Waals surface area contributed by atoms with Crippen molar-refractivity contribution in [3.63, 3.8) is 0 Å². The monoisotopic (exact) mass is 481 g/mol. The van der Waals surface area contributed by atoms with Crippen molar-refractivity contribution >= 4 is 57.6 Å². The quantitative estimate of drug-likeness (QED) is 0.218. The van der Waals surface area contributed by atoms with Crippen LogP contribution < -0.4 is 14.4 Å². The third-order valence-corrected chi connectivity index (χ3v) is 6.26. The van der Waals surface area contributed by atoms with Gasteiger partial charge < -0.3 is 9.47 Å². The maximum Gasteiger partial charge on any atom is 0.270 e. The van der Waals surface area contributed by atoms with Gasteiger partial charge >= 0.3 is 0 Å². The van der Waals surface area contributed by atoms with Crippen LogP contribution in [0.5, 0.6) is 11.5 Å². The number of aryl methyl sites for hydroxylation is 1. The van der Waals surface area contributed by atoms with Gasteiger partial charge in [-0.1, -0.05) is 72.0 Å². The van der Waals surface area contributed by atoms with Crippen LogP contribution in [0, 0.1) is 6.92 Å². The van der Waals surface area contributed by atoms with E-state index in [-0.39, 0.29) is 5.91 Å². The first kappa shape index (κ1) is 22.4. The Balaban J connectivity index is 1.38. The Labute approximate surface area is 201 Å². The van der Waals surface area contributed by atoms with Gasteiger partial charge in [-0.25, -0.2) is 0 Å². The molecule has 162 valence electrons. The van der Waals surface area contributed by atoms with Crippen LogP contribution in [0.3, 0.4) is 0 Å². The first-order valence-electron chi connectivity index (χ1n) is 9.96. The lowest BCUT2D eigenvalue weighted by Crippen LogP contribution is -2.27. The van der Waals surface area contributed by atoms with Crippen molar-refractivity contribution in [2.45, 2.75) is 6.92 Å². The fourth-order valence-electron chi connectivity index (χ4n) is 3.16. The standard InChI is InChI=1S/C25H20ClNO3S2/c1-17-6-5-9-20(14-17)29-12-13-30-22-11-10-18(15-21(22)26)16-23-24(28)27(25(31)32-23)19-7-3-2-4-8-19/h2-11,14-16H,12-13H2,1H3/b23-16-. The molecule has 1 heterocycles. The fraction of sp³-hybridized carbons (Fsp3) is 0.120. The van der Waals surface area contributed by atoms with Crippen LogP contribution in [-0.2, 0) is 4.79 Å². The van der Waals surface area contributed by atoms with Gasteiger partial charge in [-0.3, -0.25) is 9.69 Å². The molecule has 1 aliphatic heterocycles. The molecule has 32 heavy (non-hydrogen) atoms. The Morgan fingerprint density at radius 1 is 1.00 bits per heavy atom. The molecule has 0 unspecified atom stereocenters. The topological polar surface area (TPSA) is 38.8 Å². The van der Waals surface area contributed by atoms with Crippen molar-refractivity contribution in [2.24, 2.45) is 0 Å². The minimum Gasteiger partial charge on any atom is -0.490 e. The molecule has 4 rings (SSSR count). The van der Waals surface area contributed by atoms with Crippen molar-refractivity contribution in [3.8, 4) is 11.5 Å². The van der Waals surface area contributed by atoms with Crippen LogP contribution in [0.25, 0.3) is 6.08 Å². The number of hydrogen-bond donors (Lipinski definition) is 0. The number of anilines is 1. The Kier molecular flexibility index (Phi) is 7.15. The summed E-state index contributed by atoms with van der Waals surface area (Å²) in [6.07, 6.45) is 1.79. The molecule has 0 atom stereocenters. The summed E-state index contributed by atoms with van der Waals surface area (Å²) in [4.78, 5) is 15.0. The number of halogens is 1. The van der Waals surface area contributed by atoms with Gasteiger partial charge in [0.1, 0.15) is 24.7 Å². The smallest absolute Gasteiger partial charge is 0.270 e. The predicted octanol–water partition coefficient (Wildman–Crippen LogP) is 6.51. The zero-order chi connectivity index (χ0) is 22.5. The Hall–Kier alpha value is -2.80. The highest BCUT2D eigenvalue weighted by molar-refractivity contribution is 8.27. The molecule has 0 N–H and O–H groups in total. The molecule has 0 spiro atoms. The van der Waals surface area contributed by atoms with Crippen LogP contribution >= 0.6 is 35.6 Å². The molecule has 1 fully saturated rings. The number of amides is 1. The van der Waals surface area contributed by atoms with Crippen molar-refractivity contribution in [1.82, 2.24) is 0 Å². The Morgan fingerprint density at radius 3 is 2.53 bits per heavy atom. The summed E-state index contributed by atoms with van der Waals surface area (Å²) < 4.78 is 11.9. The molecule has 0 radical (unpaired) electrons. The van der Waals surface area contributed by atoms with E-state index in [0.29, 0.717) is 33.2 Å². The third kappa shape index (κ3) is 5.33. The molecule has 3 aromatic carbocycles. The number of hydrogen-bond acceptors (Lipinski definition) is 5. The largest absolute Gasteiger partial charge is 0.490 e. The SMILES string of the molecule is Cc1cccc(OCCOc2ccc(/C=C3\SC(=S)N(c4ccccc4)C3=O)cc2Cl)c1. The minimum atomic E-state index is -0.143. The van der Waals surface area contributed by atoms with Crippen LogP contribution in [-0.4, -0.2) is 23.4 Å². The molecule has 0 aliphatic carbocycles. The average Bonchev–Trinajstić information content (AvgIpc) is 3.06. The minimum absolute atomic E-state index is 0.143. The van der Waals surface area contributed by atoms with Crippen molar-refractivity contribution in [3.05, 3.63) is 93.9 Å². The summed E-state index contributed by atoms with van der Waals surface area (Å²) in [7, 11) is 0. The number of thioether (sulfide) groups is 1. The first-order valence-corrected chi connectivity index (χ1v) is 11.6. The highest BCUT2D eigenvalue weighted by Gasteiger charge is 2.33. The van der Waals surface area contributed by atoms with E-state index in [1.165, 1.54) is 11.8 Å². The van der Waals surface area contributed by atoms with Gasteiger partial charge in [-0.2, -0.15) is 0 Å². The average molecular weight is 482 g/mol. The predicted molar refractivity (Wildman–Crippen MR) is 136 cm³/mol. The van der Waals surface area contributed by atoms with E-state index in [2.05, 4.69) is 0 Å². The second kappa shape index (κ2) is 10.2. The van der Waals surface area contributed by atoms with E-state index in [4.69, 9.17) is 33.3 Å². The van der Waals surface area contributed by atoms with E-state index < -0.39 is 0 Å². The van der Waals surface area contributed by atoms with Gasteiger partial charge in [0.05, 0.1) is 15.6 Å². The van der Waals surface area contributed by atoms with Crippen molar-refractivity contribution < 1.29 is 14.3 Å². The molecule has 3 aromatic rings. The van der Waals surface area contributed by atoms with E-state index in [1.807, 2.05) is 67.6 Å². The molecule has 1 amide bonds. The van der Waals surface area contributed by atoms with Crippen molar-refractivity contribution in [1.29, 1.82) is 0 Å². The number of para-hydroxylation sites is 1. The van der Waals surface area contributed by atoms with Gasteiger partial charge in [0.15, 0.2) is 4.32 Å². The maximum atomic E-state index is 12.9. The normalized spacial score (nSPS) is 14.8. The highest BCUT2D eigenvalue weighted by Crippen LogP contribution is 2.36. The number of carbonyl (C=O) groups excluding carboxylic acids is 1. The van der Waals surface area contributed by atoms with Gasteiger partial charge in [0, 0.05) is 0 Å². The summed E-state index contributed by atoms with van der Waals surface area (Å²) in [5, 5.41) is 0.466. The molecule has 0 aromatic heterocycles. The second-order valence-electron chi connectivity index (χ2n) is 7.06. The number of thiocarbonyl (C=S) groups is 1. The zero-order valence-electron chi connectivity index (χ0n) is 17.3. The van der Waals surface area contributed by atoms with Crippen LogP contribution in [0.1, 0.15) is 11.1 Å². The molecule has 7 heteroatoms. The van der Waals surface area contributed by atoms with Gasteiger partial charge in [0.25, 0.3) is 5.91 Å². The molecule has 4 nitrogen and oxygen atoms in total. The van der Waals surface area contributed by atoms with Crippen LogP contribution in [0.4, 0.5) is 5.69 Å². The van der Waals surface area contributed by atoms with Crippen molar-refractivity contribution in [2.75, 3.05) is 18.1 Å². The molecule has 1 aliphatic rings. The summed E-state index contributed by atoms with van der Waals surface area (Å²) in [5.74, 6) is 1.23. The number of rotatable bonds is 7. The third-order valence-electron chi connectivity index (χ3n) is 4.66. The number of nitrogens with zero attached hydrogens (tertiary/aromatic N) is 1. The van der Waals surface area contributed by atoms with Crippen LogP contribution in [0.2, 0.25) is 5.02 Å². The molecular formula is C25H20ClNO3S2. The first-order chi connectivity index (χ1) is 15.5. The van der Waals surface area contributed by atoms with Gasteiger partial charge in [0.2, 0.25) is 0 Å². The van der Waals surface area contributed by atoms with E-state index in [9.17, 15) is 4.79 Å². The van der Waals surface area contributed by atoms with Crippen LogP contribution in [0.15, 0.2) is 77.7 Å². The summed E-state index contributed by atoms with van der Waals surface area (Å²) in [6.45, 7) is 2.79. The number of ether oxygens (including phenoxy) is 2. The van der Waals surface area contributed by atoms with E-state index in [0.717, 1.165) is 22.6 Å². The highest BCUT2D eigenvalue weighted by atomic mass is 35.5. The lowest BCUT2D eigenvalue weighted by Gasteiger charge is -2.13. The number of carbonyl (C=O) groups is 1. The van der Waals surface area contributed by atoms with E-state index in [1.54, 1.807) is 23.1 Å². The summed E-state index contributed by atoms with van der Waals surface area (Å²) in [5.41, 5.74) is 2.70. The van der Waals surface area contributed by atoms with E-state index >= 15 is 0 Å². The molecule has 0 bridgehead atoms. The maximum absolute atomic E-state index is 12.9. The fourth-order valence-corrected chi connectivity index (χ4v) is 4.70. The Bertz CT molecular complexity index is 1180. The number of benzene rings is 3. The van der Waals surface area contributed by atoms with Gasteiger partial charge in [-0.05, 0) is 60.5 Å². The summed E-state index contributed by atoms with van der Waals surface area (Å²) in [6, 6.07) is 22.7. The molecular weight excluding hydrogens is 462 g/mol. The zero-order valence-corrected chi connectivity index (χ0v) is 19.7.